The van der Waals surface area contributed by atoms with Crippen molar-refractivity contribution in [3.8, 4) is 0 Å². The van der Waals surface area contributed by atoms with Crippen molar-refractivity contribution in [1.82, 2.24) is 15.0 Å². The number of aromatic nitrogens is 3. The maximum Gasteiger partial charge on any atom is 0.224 e. The maximum atomic E-state index is 13.0. The van der Waals surface area contributed by atoms with Crippen LogP contribution >= 0.6 is 12.2 Å². The Morgan fingerprint density at radius 1 is 1.69 bits per heavy atom. The van der Waals surface area contributed by atoms with Gasteiger partial charge in [-0.1, -0.05) is 0 Å². The molecule has 0 saturated heterocycles. The quantitative estimate of drug-likeness (QED) is 0.666. The topological polar surface area (TPSA) is 67.6 Å². The fourth-order valence-corrected chi connectivity index (χ4v) is 1.42. The van der Waals surface area contributed by atoms with Crippen LogP contribution in [0.2, 0.25) is 0 Å². The number of aromatic amines is 1. The van der Waals surface area contributed by atoms with Gasteiger partial charge in [0.15, 0.2) is 0 Å². The molecule has 1 heterocycles. The first-order chi connectivity index (χ1) is 6.02. The molecule has 6 heteroatoms. The number of hydrogen-bond donors (Lipinski definition) is 2. The third-order valence-corrected chi connectivity index (χ3v) is 2.53. The second kappa shape index (κ2) is 2.47. The first-order valence-electron chi connectivity index (χ1n) is 3.91. The molecule has 1 aliphatic carbocycles. The Kier molecular flexibility index (Phi) is 1.63. The van der Waals surface area contributed by atoms with Crippen molar-refractivity contribution in [3.05, 3.63) is 10.6 Å². The standard InChI is InChI=1S/C7H9FN4S/c1-7(2-3(7)8)4-10-5(9)12-6(13)11-4/h3H,2H2,1H3,(H3,9,10,11,12,13). The van der Waals surface area contributed by atoms with Crippen molar-refractivity contribution < 1.29 is 4.39 Å². The van der Waals surface area contributed by atoms with Gasteiger partial charge in [0.2, 0.25) is 10.7 Å². The first kappa shape index (κ1) is 8.55. The molecule has 4 nitrogen and oxygen atoms in total. The largest absolute Gasteiger partial charge is 0.369 e. The van der Waals surface area contributed by atoms with Gasteiger partial charge in [0, 0.05) is 0 Å². The molecule has 1 aromatic heterocycles. The summed E-state index contributed by atoms with van der Waals surface area (Å²) in [5, 5.41) is 0. The summed E-state index contributed by atoms with van der Waals surface area (Å²) in [6, 6.07) is 0. The van der Waals surface area contributed by atoms with E-state index >= 15 is 0 Å². The normalized spacial score (nSPS) is 31.7. The van der Waals surface area contributed by atoms with Crippen molar-refractivity contribution in [2.75, 3.05) is 5.73 Å². The fourth-order valence-electron chi connectivity index (χ4n) is 1.23. The monoisotopic (exact) mass is 200 g/mol. The van der Waals surface area contributed by atoms with Gasteiger partial charge < -0.3 is 10.7 Å². The Balaban J connectivity index is 2.48. The highest BCUT2D eigenvalue weighted by Gasteiger charge is 2.54. The minimum Gasteiger partial charge on any atom is -0.369 e. The molecule has 13 heavy (non-hydrogen) atoms. The van der Waals surface area contributed by atoms with Crippen LogP contribution in [0.4, 0.5) is 10.3 Å². The predicted molar refractivity (Wildman–Crippen MR) is 48.5 cm³/mol. The minimum atomic E-state index is -0.854. The smallest absolute Gasteiger partial charge is 0.224 e. The van der Waals surface area contributed by atoms with Crippen LogP contribution < -0.4 is 5.73 Å². The van der Waals surface area contributed by atoms with Crippen molar-refractivity contribution in [1.29, 1.82) is 0 Å². The molecule has 0 radical (unpaired) electrons. The fraction of sp³-hybridized carbons (Fsp3) is 0.571. The Bertz CT molecular complexity index is 404. The zero-order valence-corrected chi connectivity index (χ0v) is 7.86. The van der Waals surface area contributed by atoms with E-state index in [1.807, 2.05) is 0 Å². The minimum absolute atomic E-state index is 0.159. The van der Waals surface area contributed by atoms with Gasteiger partial charge in [-0.25, -0.2) is 9.37 Å². The Hall–Kier alpha value is -1.04. The Morgan fingerprint density at radius 3 is 2.77 bits per heavy atom. The van der Waals surface area contributed by atoms with Crippen molar-refractivity contribution >= 4 is 18.2 Å². The highest BCUT2D eigenvalue weighted by molar-refractivity contribution is 7.71. The zero-order chi connectivity index (χ0) is 9.64. The van der Waals surface area contributed by atoms with Gasteiger partial charge in [-0.3, -0.25) is 0 Å². The molecule has 1 aliphatic rings. The van der Waals surface area contributed by atoms with E-state index in [1.54, 1.807) is 6.92 Å². The van der Waals surface area contributed by atoms with E-state index in [9.17, 15) is 4.39 Å². The third kappa shape index (κ3) is 1.31. The molecular weight excluding hydrogens is 191 g/mol. The molecule has 1 aromatic rings. The van der Waals surface area contributed by atoms with E-state index < -0.39 is 11.6 Å². The number of nitrogens with one attached hydrogen (secondary N) is 1. The summed E-state index contributed by atoms with van der Waals surface area (Å²) in [4.78, 5) is 10.4. The molecule has 3 N–H and O–H groups in total. The first-order valence-corrected chi connectivity index (χ1v) is 4.31. The lowest BCUT2D eigenvalue weighted by Crippen LogP contribution is -2.13. The lowest BCUT2D eigenvalue weighted by molar-refractivity contribution is 0.424. The van der Waals surface area contributed by atoms with Gasteiger partial charge >= 0.3 is 0 Å². The van der Waals surface area contributed by atoms with E-state index in [4.69, 9.17) is 18.0 Å². The van der Waals surface area contributed by atoms with E-state index in [0.717, 1.165) is 0 Å². The van der Waals surface area contributed by atoms with Gasteiger partial charge in [0.05, 0.1) is 5.41 Å². The highest BCUT2D eigenvalue weighted by Crippen LogP contribution is 2.48. The summed E-state index contributed by atoms with van der Waals surface area (Å²) in [6.45, 7) is 1.78. The summed E-state index contributed by atoms with van der Waals surface area (Å²) in [5.41, 5.74) is 4.90. The second-order valence-corrected chi connectivity index (χ2v) is 3.82. The van der Waals surface area contributed by atoms with E-state index in [0.29, 0.717) is 12.2 Å². The molecule has 0 aliphatic heterocycles. The summed E-state index contributed by atoms with van der Waals surface area (Å²) in [7, 11) is 0. The number of nitrogens with two attached hydrogens (primary N) is 1. The Labute approximate surface area is 79.4 Å². The van der Waals surface area contributed by atoms with Crippen molar-refractivity contribution in [3.63, 3.8) is 0 Å². The van der Waals surface area contributed by atoms with Crippen LogP contribution in [0.1, 0.15) is 19.2 Å². The van der Waals surface area contributed by atoms with Crippen LogP contribution in [-0.4, -0.2) is 21.1 Å². The number of anilines is 1. The van der Waals surface area contributed by atoms with Gasteiger partial charge in [0.1, 0.15) is 12.0 Å². The third-order valence-electron chi connectivity index (χ3n) is 2.35. The molecule has 0 bridgehead atoms. The van der Waals surface area contributed by atoms with Crippen LogP contribution in [0.5, 0.6) is 0 Å². The molecular formula is C7H9FN4S. The van der Waals surface area contributed by atoms with Crippen molar-refractivity contribution in [2.45, 2.75) is 24.9 Å². The molecule has 0 spiro atoms. The summed E-state index contributed by atoms with van der Waals surface area (Å²) >= 11 is 4.78. The molecule has 1 saturated carbocycles. The lowest BCUT2D eigenvalue weighted by atomic mass is 10.1. The van der Waals surface area contributed by atoms with E-state index in [-0.39, 0.29) is 10.7 Å². The molecule has 2 rings (SSSR count). The average Bonchev–Trinajstić information content (AvgIpc) is 2.59. The summed E-state index contributed by atoms with van der Waals surface area (Å²) in [5.74, 6) is 0.688. The maximum absolute atomic E-state index is 13.0. The zero-order valence-electron chi connectivity index (χ0n) is 7.04. The molecule has 2 unspecified atom stereocenters. The van der Waals surface area contributed by atoms with E-state index in [1.165, 1.54) is 0 Å². The number of nitrogen functional groups attached to an aromatic ring is 1. The van der Waals surface area contributed by atoms with Crippen LogP contribution in [0.15, 0.2) is 0 Å². The number of alkyl halides is 1. The highest BCUT2D eigenvalue weighted by atomic mass is 32.1. The number of rotatable bonds is 1. The van der Waals surface area contributed by atoms with Gasteiger partial charge in [-0.05, 0) is 25.6 Å². The van der Waals surface area contributed by atoms with Gasteiger partial charge in [-0.2, -0.15) is 4.98 Å². The number of hydrogen-bond acceptors (Lipinski definition) is 4. The van der Waals surface area contributed by atoms with Crippen molar-refractivity contribution in [2.24, 2.45) is 0 Å². The predicted octanol–water partition coefficient (Wildman–Crippen LogP) is 1.12. The number of halogens is 1. The molecule has 0 amide bonds. The number of H-pyrrole nitrogens is 1. The lowest BCUT2D eigenvalue weighted by Gasteiger charge is -2.07. The van der Waals surface area contributed by atoms with Crippen LogP contribution in [0.3, 0.4) is 0 Å². The SMILES string of the molecule is CC1(c2nc(=S)nc(N)[nH]2)CC1F. The van der Waals surface area contributed by atoms with Crippen LogP contribution in [-0.2, 0) is 5.41 Å². The van der Waals surface area contributed by atoms with E-state index in [2.05, 4.69) is 15.0 Å². The molecule has 70 valence electrons. The summed E-state index contributed by atoms with van der Waals surface area (Å²) < 4.78 is 13.1. The number of nitrogens with zero attached hydrogens (tertiary/aromatic N) is 2. The van der Waals surface area contributed by atoms with Gasteiger partial charge in [-0.15, -0.1) is 0 Å². The van der Waals surface area contributed by atoms with Crippen LogP contribution in [0, 0.1) is 4.77 Å². The average molecular weight is 200 g/mol. The second-order valence-electron chi connectivity index (χ2n) is 3.45. The Morgan fingerprint density at radius 2 is 2.31 bits per heavy atom. The molecule has 1 fully saturated rings. The molecule has 2 atom stereocenters. The van der Waals surface area contributed by atoms with Crippen LogP contribution in [0.25, 0.3) is 0 Å². The summed E-state index contributed by atoms with van der Waals surface area (Å²) in [6.07, 6.45) is -0.387. The van der Waals surface area contributed by atoms with Gasteiger partial charge in [0.25, 0.3) is 0 Å². The molecule has 0 aromatic carbocycles.